The van der Waals surface area contributed by atoms with Crippen molar-refractivity contribution in [1.82, 2.24) is 9.88 Å². The molecule has 2 aromatic rings. The second kappa shape index (κ2) is 5.20. The minimum absolute atomic E-state index is 0.226. The van der Waals surface area contributed by atoms with E-state index in [0.717, 1.165) is 18.4 Å². The van der Waals surface area contributed by atoms with Crippen LogP contribution in [-0.2, 0) is 16.0 Å². The monoisotopic (exact) mass is 288 g/mol. The van der Waals surface area contributed by atoms with Crippen molar-refractivity contribution in [1.29, 1.82) is 0 Å². The van der Waals surface area contributed by atoms with Gasteiger partial charge in [0.25, 0.3) is 0 Å². The van der Waals surface area contributed by atoms with Crippen molar-refractivity contribution in [3.8, 4) is 0 Å². The molecular formula is C15H16N2O4. The molecule has 6 heteroatoms. The van der Waals surface area contributed by atoms with Gasteiger partial charge in [-0.1, -0.05) is 25.5 Å². The molecule has 1 atom stereocenters. The molecule has 1 saturated heterocycles. The number of piperidine rings is 1. The maximum atomic E-state index is 12.2. The van der Waals surface area contributed by atoms with Crippen molar-refractivity contribution in [2.45, 2.75) is 38.6 Å². The van der Waals surface area contributed by atoms with Crippen molar-refractivity contribution in [3.05, 3.63) is 34.3 Å². The second-order valence-electron chi connectivity index (χ2n) is 5.22. The molecule has 0 radical (unpaired) electrons. The lowest BCUT2D eigenvalue weighted by atomic mass is 10.0. The summed E-state index contributed by atoms with van der Waals surface area (Å²) in [4.78, 5) is 35.4. The van der Waals surface area contributed by atoms with E-state index in [1.54, 1.807) is 6.07 Å². The molecule has 6 nitrogen and oxygen atoms in total. The van der Waals surface area contributed by atoms with Crippen LogP contribution in [0.4, 0.5) is 0 Å². The van der Waals surface area contributed by atoms with Gasteiger partial charge in [-0.15, -0.1) is 0 Å². The van der Waals surface area contributed by atoms with Gasteiger partial charge < -0.3 is 4.42 Å². The van der Waals surface area contributed by atoms with E-state index in [1.165, 1.54) is 4.57 Å². The van der Waals surface area contributed by atoms with Crippen molar-refractivity contribution in [3.63, 3.8) is 0 Å². The summed E-state index contributed by atoms with van der Waals surface area (Å²) in [5.74, 6) is -1.30. The third-order valence-electron chi connectivity index (χ3n) is 3.76. The molecule has 110 valence electrons. The summed E-state index contributed by atoms with van der Waals surface area (Å²) in [7, 11) is 0. The number of amides is 2. The normalized spacial score (nSPS) is 19.0. The Morgan fingerprint density at radius 3 is 2.86 bits per heavy atom. The molecule has 0 spiro atoms. The van der Waals surface area contributed by atoms with Crippen molar-refractivity contribution < 1.29 is 14.0 Å². The number of para-hydroxylation sites is 1. The average Bonchev–Trinajstić information content (AvgIpc) is 2.77. The quantitative estimate of drug-likeness (QED) is 0.868. The number of nitrogens with one attached hydrogen (secondary N) is 1. The highest BCUT2D eigenvalue weighted by atomic mass is 16.4. The summed E-state index contributed by atoms with van der Waals surface area (Å²) < 4.78 is 6.71. The van der Waals surface area contributed by atoms with Gasteiger partial charge in [-0.05, 0) is 24.5 Å². The summed E-state index contributed by atoms with van der Waals surface area (Å²) in [5, 5.41) is 2.27. The number of carbonyl (C=O) groups excluding carboxylic acids is 2. The average molecular weight is 288 g/mol. The zero-order valence-electron chi connectivity index (χ0n) is 11.7. The number of hydrogen-bond donors (Lipinski definition) is 1. The van der Waals surface area contributed by atoms with E-state index in [-0.39, 0.29) is 12.3 Å². The molecule has 1 aliphatic rings. The van der Waals surface area contributed by atoms with Crippen LogP contribution in [0, 0.1) is 0 Å². The lowest BCUT2D eigenvalue weighted by Crippen LogP contribution is -2.43. The molecule has 2 amide bonds. The first-order valence-corrected chi connectivity index (χ1v) is 7.08. The molecule has 3 rings (SSSR count). The molecule has 0 bridgehead atoms. The van der Waals surface area contributed by atoms with Gasteiger partial charge >= 0.3 is 5.76 Å². The van der Waals surface area contributed by atoms with E-state index >= 15 is 0 Å². The Balaban J connectivity index is 2.13. The SMILES string of the molecule is CCCc1cccc2c1oc(=O)n2C1CCC(=O)NC1=O. The number of aromatic nitrogens is 1. The number of aryl methyl sites for hydroxylation is 1. The van der Waals surface area contributed by atoms with E-state index in [2.05, 4.69) is 5.32 Å². The molecule has 1 aliphatic heterocycles. The van der Waals surface area contributed by atoms with Crippen LogP contribution < -0.4 is 11.1 Å². The van der Waals surface area contributed by atoms with Gasteiger partial charge in [0, 0.05) is 6.42 Å². The maximum Gasteiger partial charge on any atom is 0.420 e. The molecule has 1 fully saturated rings. The molecule has 0 aliphatic carbocycles. The highest BCUT2D eigenvalue weighted by molar-refractivity contribution is 6.00. The van der Waals surface area contributed by atoms with E-state index < -0.39 is 17.7 Å². The van der Waals surface area contributed by atoms with Gasteiger partial charge in [-0.25, -0.2) is 4.79 Å². The van der Waals surface area contributed by atoms with Crippen LogP contribution in [0.1, 0.15) is 37.8 Å². The number of rotatable bonds is 3. The number of imide groups is 1. The number of benzene rings is 1. The van der Waals surface area contributed by atoms with Crippen LogP contribution in [-0.4, -0.2) is 16.4 Å². The topological polar surface area (TPSA) is 81.3 Å². The molecule has 1 aromatic carbocycles. The van der Waals surface area contributed by atoms with Crippen LogP contribution in [0.25, 0.3) is 11.1 Å². The van der Waals surface area contributed by atoms with Gasteiger partial charge in [0.2, 0.25) is 11.8 Å². The fourth-order valence-corrected chi connectivity index (χ4v) is 2.80. The zero-order chi connectivity index (χ0) is 15.0. The first-order valence-electron chi connectivity index (χ1n) is 7.08. The predicted octanol–water partition coefficient (Wildman–Crippen LogP) is 1.52. The Bertz CT molecular complexity index is 772. The largest absolute Gasteiger partial charge is 0.420 e. The minimum Gasteiger partial charge on any atom is -0.407 e. The second-order valence-corrected chi connectivity index (χ2v) is 5.22. The van der Waals surface area contributed by atoms with Gasteiger partial charge in [-0.2, -0.15) is 0 Å². The molecule has 1 N–H and O–H groups in total. The molecule has 0 saturated carbocycles. The maximum absolute atomic E-state index is 12.2. The number of fused-ring (bicyclic) bond motifs is 1. The van der Waals surface area contributed by atoms with Crippen molar-refractivity contribution in [2.75, 3.05) is 0 Å². The van der Waals surface area contributed by atoms with Gasteiger partial charge in [0.1, 0.15) is 6.04 Å². The lowest BCUT2D eigenvalue weighted by Gasteiger charge is -2.21. The standard InChI is InChI=1S/C15H16N2O4/c1-2-4-9-5-3-6-10-13(9)21-15(20)17(10)11-7-8-12(18)16-14(11)19/h3,5-6,11H,2,4,7-8H2,1H3,(H,16,18,19). The number of hydrogen-bond acceptors (Lipinski definition) is 4. The van der Waals surface area contributed by atoms with Gasteiger partial charge in [0.15, 0.2) is 5.58 Å². The highest BCUT2D eigenvalue weighted by Gasteiger charge is 2.31. The van der Waals surface area contributed by atoms with Crippen LogP contribution in [0.3, 0.4) is 0 Å². The number of carbonyl (C=O) groups is 2. The van der Waals surface area contributed by atoms with E-state index in [0.29, 0.717) is 17.5 Å². The van der Waals surface area contributed by atoms with Crippen molar-refractivity contribution in [2.24, 2.45) is 0 Å². The Morgan fingerprint density at radius 1 is 1.33 bits per heavy atom. The molecule has 1 unspecified atom stereocenters. The number of oxazole rings is 1. The first-order chi connectivity index (χ1) is 10.1. The summed E-state index contributed by atoms with van der Waals surface area (Å²) in [6.07, 6.45) is 2.29. The van der Waals surface area contributed by atoms with Crippen LogP contribution in [0.5, 0.6) is 0 Å². The van der Waals surface area contributed by atoms with Crippen LogP contribution in [0.2, 0.25) is 0 Å². The Labute approximate surface area is 120 Å². The fraction of sp³-hybridized carbons (Fsp3) is 0.400. The third-order valence-corrected chi connectivity index (χ3v) is 3.76. The highest BCUT2D eigenvalue weighted by Crippen LogP contribution is 2.25. The molecular weight excluding hydrogens is 272 g/mol. The van der Waals surface area contributed by atoms with Gasteiger partial charge in [0.05, 0.1) is 5.52 Å². The minimum atomic E-state index is -0.687. The van der Waals surface area contributed by atoms with E-state index in [1.807, 2.05) is 19.1 Å². The predicted molar refractivity (Wildman–Crippen MR) is 75.9 cm³/mol. The number of nitrogens with zero attached hydrogens (tertiary/aromatic N) is 1. The summed E-state index contributed by atoms with van der Waals surface area (Å²) >= 11 is 0. The molecule has 21 heavy (non-hydrogen) atoms. The first kappa shape index (κ1) is 13.6. The van der Waals surface area contributed by atoms with E-state index in [4.69, 9.17) is 4.42 Å². The van der Waals surface area contributed by atoms with E-state index in [9.17, 15) is 14.4 Å². The van der Waals surface area contributed by atoms with Crippen LogP contribution >= 0.6 is 0 Å². The lowest BCUT2D eigenvalue weighted by molar-refractivity contribution is -0.135. The molecule has 1 aromatic heterocycles. The fourth-order valence-electron chi connectivity index (χ4n) is 2.80. The third kappa shape index (κ3) is 2.26. The smallest absolute Gasteiger partial charge is 0.407 e. The summed E-state index contributed by atoms with van der Waals surface area (Å²) in [6, 6.07) is 4.85. The molecule has 2 heterocycles. The Kier molecular flexibility index (Phi) is 3.37. The van der Waals surface area contributed by atoms with Crippen molar-refractivity contribution >= 4 is 22.9 Å². The Hall–Kier alpha value is -2.37. The summed E-state index contributed by atoms with van der Waals surface area (Å²) in [5.41, 5.74) is 2.10. The van der Waals surface area contributed by atoms with Crippen LogP contribution in [0.15, 0.2) is 27.4 Å². The Morgan fingerprint density at radius 2 is 2.14 bits per heavy atom. The zero-order valence-corrected chi connectivity index (χ0v) is 11.7. The summed E-state index contributed by atoms with van der Waals surface area (Å²) in [6.45, 7) is 2.05. The van der Waals surface area contributed by atoms with Gasteiger partial charge in [-0.3, -0.25) is 19.5 Å².